The number of nitrogens with two attached hydrogens (primary N) is 2. The largest absolute Gasteiger partial charge is 0.396 e. The van der Waals surface area contributed by atoms with Crippen LogP contribution in [-0.4, -0.2) is 35.9 Å². The molecule has 1 aliphatic rings. The molecule has 0 atom stereocenters. The third-order valence-corrected chi connectivity index (χ3v) is 3.36. The fraction of sp³-hybridized carbons (Fsp3) is 0.462. The molecular weight excluding hydrogens is 258 g/mol. The average molecular weight is 277 g/mol. The summed E-state index contributed by atoms with van der Waals surface area (Å²) < 4.78 is 0. The smallest absolute Gasteiger partial charge is 0.267 e. The maximum absolute atomic E-state index is 11.2. The molecule has 0 unspecified atom stereocenters. The van der Waals surface area contributed by atoms with Gasteiger partial charge in [0.2, 0.25) is 5.91 Å². The second-order valence-electron chi connectivity index (χ2n) is 4.94. The van der Waals surface area contributed by atoms with Crippen molar-refractivity contribution in [2.24, 2.45) is 5.73 Å². The van der Waals surface area contributed by atoms with Crippen molar-refractivity contribution in [3.05, 3.63) is 17.8 Å². The topological polar surface area (TPSA) is 114 Å². The molecule has 108 valence electrons. The fourth-order valence-corrected chi connectivity index (χ4v) is 2.37. The zero-order chi connectivity index (χ0) is 14.7. The molecule has 0 saturated carbocycles. The molecule has 2 heterocycles. The SMILES string of the molecule is CC(=O)NC1CCN(c2nc(C(N)=O)ccc2N)CC1. The van der Waals surface area contributed by atoms with Crippen molar-refractivity contribution in [2.45, 2.75) is 25.8 Å². The first-order valence-corrected chi connectivity index (χ1v) is 6.55. The minimum atomic E-state index is -0.570. The van der Waals surface area contributed by atoms with Crippen molar-refractivity contribution in [3.63, 3.8) is 0 Å². The molecule has 0 spiro atoms. The van der Waals surface area contributed by atoms with Crippen molar-refractivity contribution in [1.29, 1.82) is 0 Å². The van der Waals surface area contributed by atoms with Crippen molar-refractivity contribution in [3.8, 4) is 0 Å². The summed E-state index contributed by atoms with van der Waals surface area (Å²) in [6, 6.07) is 3.34. The Morgan fingerprint density at radius 1 is 1.35 bits per heavy atom. The molecule has 20 heavy (non-hydrogen) atoms. The molecule has 1 aliphatic heterocycles. The van der Waals surface area contributed by atoms with E-state index >= 15 is 0 Å². The molecule has 7 nitrogen and oxygen atoms in total. The number of hydrogen-bond acceptors (Lipinski definition) is 5. The number of primary amides is 1. The zero-order valence-electron chi connectivity index (χ0n) is 11.4. The van der Waals surface area contributed by atoms with E-state index in [4.69, 9.17) is 11.5 Å². The predicted molar refractivity (Wildman–Crippen MR) is 76.2 cm³/mol. The van der Waals surface area contributed by atoms with E-state index in [-0.39, 0.29) is 17.6 Å². The Kier molecular flexibility index (Phi) is 4.07. The average Bonchev–Trinajstić information content (AvgIpc) is 2.39. The highest BCUT2D eigenvalue weighted by atomic mass is 16.1. The van der Waals surface area contributed by atoms with Gasteiger partial charge in [0.05, 0.1) is 5.69 Å². The number of rotatable bonds is 3. The first kappa shape index (κ1) is 14.1. The van der Waals surface area contributed by atoms with Gasteiger partial charge in [-0.05, 0) is 25.0 Å². The van der Waals surface area contributed by atoms with Crippen molar-refractivity contribution in [2.75, 3.05) is 23.7 Å². The molecule has 0 aromatic carbocycles. The van der Waals surface area contributed by atoms with Gasteiger partial charge >= 0.3 is 0 Å². The molecule has 1 aromatic rings. The molecule has 1 saturated heterocycles. The Balaban J connectivity index is 2.08. The van der Waals surface area contributed by atoms with Gasteiger partial charge < -0.3 is 21.7 Å². The predicted octanol–water partition coefficient (Wildman–Crippen LogP) is -0.132. The van der Waals surface area contributed by atoms with E-state index in [2.05, 4.69) is 10.3 Å². The molecule has 0 bridgehead atoms. The second kappa shape index (κ2) is 5.77. The van der Waals surface area contributed by atoms with Gasteiger partial charge in [-0.2, -0.15) is 0 Å². The van der Waals surface area contributed by atoms with Crippen LogP contribution in [0.25, 0.3) is 0 Å². The van der Waals surface area contributed by atoms with Crippen LogP contribution < -0.4 is 21.7 Å². The lowest BCUT2D eigenvalue weighted by Gasteiger charge is -2.33. The maximum atomic E-state index is 11.2. The number of carbonyl (C=O) groups excluding carboxylic acids is 2. The molecule has 5 N–H and O–H groups in total. The van der Waals surface area contributed by atoms with E-state index in [9.17, 15) is 9.59 Å². The normalized spacial score (nSPS) is 15.9. The van der Waals surface area contributed by atoms with Crippen LogP contribution in [0.3, 0.4) is 0 Å². The van der Waals surface area contributed by atoms with Crippen molar-refractivity contribution in [1.82, 2.24) is 10.3 Å². The van der Waals surface area contributed by atoms with Crippen LogP contribution in [-0.2, 0) is 4.79 Å². The standard InChI is InChI=1S/C13H19N5O2/c1-8(19)16-9-4-6-18(7-5-9)13-10(14)2-3-11(17-13)12(15)20/h2-3,9H,4-7,14H2,1H3,(H2,15,20)(H,16,19). The van der Waals surface area contributed by atoms with E-state index in [1.165, 1.54) is 13.0 Å². The number of nitrogens with one attached hydrogen (secondary N) is 1. The van der Waals surface area contributed by atoms with E-state index < -0.39 is 5.91 Å². The summed E-state index contributed by atoms with van der Waals surface area (Å²) in [5, 5.41) is 2.91. The van der Waals surface area contributed by atoms with Gasteiger partial charge in [0, 0.05) is 26.1 Å². The van der Waals surface area contributed by atoms with Gasteiger partial charge in [-0.3, -0.25) is 9.59 Å². The first-order chi connectivity index (χ1) is 9.47. The summed E-state index contributed by atoms with van der Waals surface area (Å²) in [4.78, 5) is 28.4. The monoisotopic (exact) mass is 277 g/mol. The Labute approximate surface area is 117 Å². The van der Waals surface area contributed by atoms with Crippen molar-refractivity contribution >= 4 is 23.3 Å². The van der Waals surface area contributed by atoms with Crippen LogP contribution in [0.15, 0.2) is 12.1 Å². The molecule has 0 aliphatic carbocycles. The van der Waals surface area contributed by atoms with Crippen LogP contribution in [0.1, 0.15) is 30.3 Å². The first-order valence-electron chi connectivity index (χ1n) is 6.55. The van der Waals surface area contributed by atoms with Gasteiger partial charge in [-0.1, -0.05) is 0 Å². The van der Waals surface area contributed by atoms with Gasteiger partial charge in [0.25, 0.3) is 5.91 Å². The number of hydrogen-bond donors (Lipinski definition) is 3. The summed E-state index contributed by atoms with van der Waals surface area (Å²) in [6.07, 6.45) is 1.64. The Hall–Kier alpha value is -2.31. The van der Waals surface area contributed by atoms with Crippen LogP contribution in [0, 0.1) is 0 Å². The highest BCUT2D eigenvalue weighted by Gasteiger charge is 2.22. The molecule has 0 radical (unpaired) electrons. The van der Waals surface area contributed by atoms with Crippen LogP contribution >= 0.6 is 0 Å². The van der Waals surface area contributed by atoms with Gasteiger partial charge in [0.1, 0.15) is 5.69 Å². The number of piperidine rings is 1. The number of nitrogens with zero attached hydrogens (tertiary/aromatic N) is 2. The Bertz CT molecular complexity index is 523. The van der Waals surface area contributed by atoms with E-state index in [0.29, 0.717) is 11.5 Å². The van der Waals surface area contributed by atoms with E-state index in [0.717, 1.165) is 25.9 Å². The van der Waals surface area contributed by atoms with Crippen LogP contribution in [0.2, 0.25) is 0 Å². The molecule has 1 fully saturated rings. The fourth-order valence-electron chi connectivity index (χ4n) is 2.37. The summed E-state index contributed by atoms with van der Waals surface area (Å²) in [5.74, 6) is -0.00114. The van der Waals surface area contributed by atoms with E-state index in [1.54, 1.807) is 6.07 Å². The minimum absolute atomic E-state index is 0.0168. The number of aromatic nitrogens is 1. The minimum Gasteiger partial charge on any atom is -0.396 e. The second-order valence-corrected chi connectivity index (χ2v) is 4.94. The molecule has 2 amide bonds. The van der Waals surface area contributed by atoms with Crippen LogP contribution in [0.4, 0.5) is 11.5 Å². The maximum Gasteiger partial charge on any atom is 0.267 e. The quantitative estimate of drug-likeness (QED) is 0.712. The van der Waals surface area contributed by atoms with E-state index in [1.807, 2.05) is 4.90 Å². The van der Waals surface area contributed by atoms with Gasteiger partial charge in [-0.25, -0.2) is 4.98 Å². The highest BCUT2D eigenvalue weighted by Crippen LogP contribution is 2.24. The van der Waals surface area contributed by atoms with Gasteiger partial charge in [-0.15, -0.1) is 0 Å². The third-order valence-electron chi connectivity index (χ3n) is 3.36. The number of nitrogen functional groups attached to an aromatic ring is 1. The number of pyridine rings is 1. The Morgan fingerprint density at radius 2 is 2.00 bits per heavy atom. The number of amides is 2. The number of anilines is 2. The summed E-state index contributed by atoms with van der Waals surface area (Å²) in [5.41, 5.74) is 11.9. The molecule has 2 rings (SSSR count). The lowest BCUT2D eigenvalue weighted by atomic mass is 10.0. The summed E-state index contributed by atoms with van der Waals surface area (Å²) in [7, 11) is 0. The molecule has 1 aromatic heterocycles. The van der Waals surface area contributed by atoms with Gasteiger partial charge in [0.15, 0.2) is 5.82 Å². The summed E-state index contributed by atoms with van der Waals surface area (Å²) in [6.45, 7) is 2.97. The van der Waals surface area contributed by atoms with Crippen LogP contribution in [0.5, 0.6) is 0 Å². The lowest BCUT2D eigenvalue weighted by Crippen LogP contribution is -2.44. The number of carbonyl (C=O) groups is 2. The highest BCUT2D eigenvalue weighted by molar-refractivity contribution is 5.91. The zero-order valence-corrected chi connectivity index (χ0v) is 11.4. The third kappa shape index (κ3) is 3.17. The molecular formula is C13H19N5O2. The molecule has 7 heteroatoms. The summed E-state index contributed by atoms with van der Waals surface area (Å²) >= 11 is 0. The Morgan fingerprint density at radius 3 is 2.55 bits per heavy atom. The van der Waals surface area contributed by atoms with Crippen molar-refractivity contribution < 1.29 is 9.59 Å². The lowest BCUT2D eigenvalue weighted by molar-refractivity contribution is -0.119.